The van der Waals surface area contributed by atoms with Gasteiger partial charge in [-0.25, -0.2) is 15.0 Å². The molecule has 228 valence electrons. The summed E-state index contributed by atoms with van der Waals surface area (Å²) in [4.78, 5) is 13.9. The van der Waals surface area contributed by atoms with Crippen LogP contribution in [0, 0.1) is 0 Å². The first kappa shape index (κ1) is 17.5. The van der Waals surface area contributed by atoms with Crippen LogP contribution in [-0.2, 0) is 0 Å². The fourth-order valence-electron chi connectivity index (χ4n) is 6.36. The smallest absolute Gasteiger partial charge is 0.164 e. The molecule has 2 heterocycles. The number of hydrogen-bond donors (Lipinski definition) is 0. The largest absolute Gasteiger partial charge is 0.456 e. The van der Waals surface area contributed by atoms with Crippen molar-refractivity contribution in [2.75, 3.05) is 0 Å². The van der Waals surface area contributed by atoms with Crippen LogP contribution in [0.25, 0.3) is 99.5 Å². The zero-order valence-electron chi connectivity index (χ0n) is 38.3. The zero-order chi connectivity index (χ0) is 43.6. The molecule has 0 bridgehead atoms. The van der Waals surface area contributed by atoms with Gasteiger partial charge in [0.05, 0.1) is 17.8 Å². The highest BCUT2D eigenvalue weighted by Crippen LogP contribution is 2.42. The lowest BCUT2D eigenvalue weighted by Gasteiger charge is -2.11. The van der Waals surface area contributed by atoms with E-state index in [0.29, 0.717) is 21.9 Å². The summed E-state index contributed by atoms with van der Waals surface area (Å²) < 4.78 is 123. The molecule has 8 aromatic carbocycles. The van der Waals surface area contributed by atoms with Gasteiger partial charge in [-0.05, 0) is 67.6 Å². The SMILES string of the molecule is [2H]c1c([2H])c([2H])c(-c2nc(-c3c([2H])c([2H])c4oc5c([2H])c(-c6cccc7ccccc67)c6c([2H])c([2H])c([2H])c([2H])c6c5c4c3[2H])nc(-c3cccc4ccccc34)n2)c([2H])c1[2H]. The summed E-state index contributed by atoms with van der Waals surface area (Å²) in [5, 5.41) is 2.77. The van der Waals surface area contributed by atoms with Crippen LogP contribution in [0.1, 0.15) is 17.8 Å². The van der Waals surface area contributed by atoms with Gasteiger partial charge >= 0.3 is 0 Å². The highest BCUT2D eigenvalue weighted by Gasteiger charge is 2.19. The molecule has 4 nitrogen and oxygen atoms in total. The van der Waals surface area contributed by atoms with Crippen molar-refractivity contribution in [1.82, 2.24) is 15.0 Å². The standard InChI is InChI=1S/C45H27N3O/c1-2-14-30(15-3-1)43-46-44(48-45(47-43)37-23-11-17-29-13-5-7-19-33(29)37)31-24-25-40-39(26-31)42-36-21-9-8-20-35(36)38(27-41(42)49-40)34-22-10-16-28-12-4-6-18-32(28)34/h1-27H/i1D,2D,3D,8D,9D,14D,15D,20D,21D,24D,25D,26D,27D. The van der Waals surface area contributed by atoms with E-state index in [2.05, 4.69) is 9.97 Å². The Morgan fingerprint density at radius 1 is 0.408 bits per heavy atom. The monoisotopic (exact) mass is 638 g/mol. The zero-order valence-corrected chi connectivity index (χ0v) is 25.3. The summed E-state index contributed by atoms with van der Waals surface area (Å²) in [5.74, 6) is -0.733. The Hall–Kier alpha value is -6.65. The molecule has 0 aliphatic carbocycles. The molecule has 0 saturated heterocycles. The maximum absolute atomic E-state index is 9.79. The maximum atomic E-state index is 9.79. The third-order valence-corrected chi connectivity index (χ3v) is 8.56. The summed E-state index contributed by atoms with van der Waals surface area (Å²) in [7, 11) is 0. The topological polar surface area (TPSA) is 51.8 Å². The van der Waals surface area contributed by atoms with Crippen molar-refractivity contribution in [3.8, 4) is 45.3 Å². The van der Waals surface area contributed by atoms with Crippen LogP contribution in [0.5, 0.6) is 0 Å². The fourth-order valence-corrected chi connectivity index (χ4v) is 6.36. The number of rotatable bonds is 4. The van der Waals surface area contributed by atoms with Crippen molar-refractivity contribution in [2.45, 2.75) is 0 Å². The minimum absolute atomic E-state index is 0.00291. The van der Waals surface area contributed by atoms with Crippen LogP contribution in [0.2, 0.25) is 0 Å². The summed E-state index contributed by atoms with van der Waals surface area (Å²) in [6.07, 6.45) is 0. The van der Waals surface area contributed by atoms with Gasteiger partial charge in [-0.1, -0.05) is 139 Å². The Morgan fingerprint density at radius 3 is 1.80 bits per heavy atom. The van der Waals surface area contributed by atoms with Crippen molar-refractivity contribution in [1.29, 1.82) is 0 Å². The summed E-state index contributed by atoms with van der Waals surface area (Å²) >= 11 is 0. The molecule has 0 unspecified atom stereocenters. The van der Waals surface area contributed by atoms with Crippen LogP contribution in [0.15, 0.2) is 168 Å². The predicted octanol–water partition coefficient (Wildman–Crippen LogP) is 11.9. The van der Waals surface area contributed by atoms with Crippen LogP contribution in [0.4, 0.5) is 0 Å². The van der Waals surface area contributed by atoms with E-state index in [1.54, 1.807) is 24.3 Å². The van der Waals surface area contributed by atoms with E-state index in [1.807, 2.05) is 60.7 Å². The van der Waals surface area contributed by atoms with Crippen LogP contribution >= 0.6 is 0 Å². The second-order valence-corrected chi connectivity index (χ2v) is 11.4. The number of fused-ring (bicyclic) bond motifs is 7. The van der Waals surface area contributed by atoms with Crippen molar-refractivity contribution < 1.29 is 22.2 Å². The van der Waals surface area contributed by atoms with E-state index < -0.39 is 72.5 Å². The highest BCUT2D eigenvalue weighted by atomic mass is 16.3. The molecule has 0 atom stereocenters. The van der Waals surface area contributed by atoms with Crippen molar-refractivity contribution in [3.63, 3.8) is 0 Å². The quantitative estimate of drug-likeness (QED) is 0.192. The molecule has 0 amide bonds. The van der Waals surface area contributed by atoms with E-state index >= 15 is 0 Å². The molecule has 4 heteroatoms. The van der Waals surface area contributed by atoms with Gasteiger partial charge in [-0.15, -0.1) is 0 Å². The lowest BCUT2D eigenvalue weighted by atomic mass is 9.92. The van der Waals surface area contributed by atoms with Gasteiger partial charge in [0.1, 0.15) is 11.2 Å². The molecule has 0 saturated carbocycles. The van der Waals surface area contributed by atoms with Gasteiger partial charge in [0.15, 0.2) is 17.5 Å². The number of furan rings is 1. The number of benzene rings is 8. The van der Waals surface area contributed by atoms with Gasteiger partial charge in [0.2, 0.25) is 0 Å². The summed E-state index contributed by atoms with van der Waals surface area (Å²) in [6, 6.07) is 18.5. The highest BCUT2D eigenvalue weighted by molar-refractivity contribution is 6.23. The predicted molar refractivity (Wildman–Crippen MR) is 201 cm³/mol. The third kappa shape index (κ3) is 4.49. The second-order valence-electron chi connectivity index (χ2n) is 11.4. The minimum Gasteiger partial charge on any atom is -0.456 e. The van der Waals surface area contributed by atoms with Crippen molar-refractivity contribution >= 4 is 54.3 Å². The Kier molecular flexibility index (Phi) is 3.91. The average molecular weight is 639 g/mol. The second kappa shape index (κ2) is 11.0. The molecular formula is C45H27N3O. The molecule has 0 radical (unpaired) electrons. The first-order valence-corrected chi connectivity index (χ1v) is 15.4. The molecule has 0 aliphatic rings. The normalized spacial score (nSPS) is 15.4. The van der Waals surface area contributed by atoms with E-state index in [4.69, 9.17) is 19.0 Å². The number of aromatic nitrogens is 3. The van der Waals surface area contributed by atoms with Crippen molar-refractivity contribution in [2.24, 2.45) is 0 Å². The van der Waals surface area contributed by atoms with Gasteiger partial charge in [0, 0.05) is 27.5 Å². The molecule has 49 heavy (non-hydrogen) atoms. The van der Waals surface area contributed by atoms with Gasteiger partial charge in [0.25, 0.3) is 0 Å². The Balaban J connectivity index is 1.36. The first-order valence-electron chi connectivity index (χ1n) is 21.9. The first-order chi connectivity index (χ1) is 29.7. The molecule has 0 fully saturated rings. The number of hydrogen-bond acceptors (Lipinski definition) is 4. The van der Waals surface area contributed by atoms with E-state index in [-0.39, 0.29) is 72.9 Å². The van der Waals surface area contributed by atoms with E-state index in [1.165, 1.54) is 0 Å². The van der Waals surface area contributed by atoms with Crippen LogP contribution < -0.4 is 0 Å². The Labute approximate surface area is 300 Å². The van der Waals surface area contributed by atoms with Gasteiger partial charge in [-0.2, -0.15) is 0 Å². The number of nitrogens with zero attached hydrogens (tertiary/aromatic N) is 3. The molecular weight excluding hydrogens is 599 g/mol. The molecule has 0 N–H and O–H groups in total. The lowest BCUT2D eigenvalue weighted by molar-refractivity contribution is 0.669. The fraction of sp³-hybridized carbons (Fsp3) is 0. The van der Waals surface area contributed by atoms with Crippen molar-refractivity contribution in [3.05, 3.63) is 163 Å². The summed E-state index contributed by atoms with van der Waals surface area (Å²) in [6.45, 7) is 0. The Bertz CT molecular complexity index is 3610. The van der Waals surface area contributed by atoms with E-state index in [9.17, 15) is 8.22 Å². The molecule has 0 spiro atoms. The Morgan fingerprint density at radius 2 is 1.02 bits per heavy atom. The van der Waals surface area contributed by atoms with Crippen LogP contribution in [0.3, 0.4) is 0 Å². The van der Waals surface area contributed by atoms with Gasteiger partial charge < -0.3 is 4.42 Å². The molecule has 0 aliphatic heterocycles. The maximum Gasteiger partial charge on any atom is 0.164 e. The molecule has 2 aromatic heterocycles. The summed E-state index contributed by atoms with van der Waals surface area (Å²) in [5.41, 5.74) is -0.0448. The molecule has 10 rings (SSSR count). The van der Waals surface area contributed by atoms with Crippen LogP contribution in [-0.4, -0.2) is 15.0 Å². The minimum atomic E-state index is -0.637. The lowest BCUT2D eigenvalue weighted by Crippen LogP contribution is -2.00. The van der Waals surface area contributed by atoms with E-state index in [0.717, 1.165) is 10.8 Å². The average Bonchev–Trinajstić information content (AvgIpc) is 3.69. The van der Waals surface area contributed by atoms with Gasteiger partial charge in [-0.3, -0.25) is 0 Å². The third-order valence-electron chi connectivity index (χ3n) is 8.56. The molecule has 10 aromatic rings.